The molecule has 31 heavy (non-hydrogen) atoms. The molecule has 1 aromatic carbocycles. The van der Waals surface area contributed by atoms with Gasteiger partial charge in [-0.2, -0.15) is 0 Å². The summed E-state index contributed by atoms with van der Waals surface area (Å²) in [6.07, 6.45) is 2.00. The van der Waals surface area contributed by atoms with Crippen molar-refractivity contribution in [1.29, 1.82) is 0 Å². The lowest BCUT2D eigenvalue weighted by atomic mass is 9.96. The van der Waals surface area contributed by atoms with Crippen molar-refractivity contribution in [3.8, 4) is 5.75 Å². The van der Waals surface area contributed by atoms with Crippen LogP contribution in [0.1, 0.15) is 40.3 Å². The number of hydrogen-bond donors (Lipinski definition) is 1. The van der Waals surface area contributed by atoms with Gasteiger partial charge in [0.2, 0.25) is 0 Å². The fourth-order valence-electron chi connectivity index (χ4n) is 4.20. The smallest absolute Gasteiger partial charge is 0.349 e. The summed E-state index contributed by atoms with van der Waals surface area (Å²) in [6, 6.07) is 8.97. The number of ether oxygens (including phenoxy) is 1. The van der Waals surface area contributed by atoms with Crippen molar-refractivity contribution < 1.29 is 18.4 Å². The van der Waals surface area contributed by atoms with Gasteiger partial charge in [-0.1, -0.05) is 12.1 Å². The highest BCUT2D eigenvalue weighted by atomic mass is 16.5. The van der Waals surface area contributed by atoms with Crippen LogP contribution in [-0.4, -0.2) is 37.6 Å². The zero-order valence-electron chi connectivity index (χ0n) is 18.2. The summed E-state index contributed by atoms with van der Waals surface area (Å²) in [5.41, 5.74) is 0.949. The molecule has 1 fully saturated rings. The molecule has 1 saturated heterocycles. The second kappa shape index (κ2) is 8.98. The summed E-state index contributed by atoms with van der Waals surface area (Å²) in [5, 5.41) is 3.57. The minimum absolute atomic E-state index is 0.0176. The van der Waals surface area contributed by atoms with Crippen LogP contribution in [0, 0.1) is 19.8 Å². The molecule has 0 unspecified atom stereocenters. The number of carbonyl (C=O) groups excluding carboxylic acids is 1. The van der Waals surface area contributed by atoms with Crippen LogP contribution in [0.4, 0.5) is 0 Å². The molecule has 7 heteroatoms. The molecule has 4 rings (SSSR count). The lowest BCUT2D eigenvalue weighted by Crippen LogP contribution is -2.39. The summed E-state index contributed by atoms with van der Waals surface area (Å²) >= 11 is 0. The van der Waals surface area contributed by atoms with Crippen molar-refractivity contribution in [2.45, 2.75) is 33.2 Å². The Balaban J connectivity index is 1.33. The molecule has 0 radical (unpaired) electrons. The Morgan fingerprint density at radius 1 is 1.19 bits per heavy atom. The van der Waals surface area contributed by atoms with Gasteiger partial charge in [0.15, 0.2) is 11.3 Å². The quantitative estimate of drug-likeness (QED) is 0.608. The first-order valence-corrected chi connectivity index (χ1v) is 10.6. The molecule has 7 nitrogen and oxygen atoms in total. The van der Waals surface area contributed by atoms with Crippen LogP contribution in [0.2, 0.25) is 0 Å². The number of para-hydroxylation sites is 1. The third-order valence-corrected chi connectivity index (χ3v) is 5.98. The number of rotatable bonds is 6. The van der Waals surface area contributed by atoms with Crippen LogP contribution >= 0.6 is 0 Å². The molecule has 0 aliphatic carbocycles. The van der Waals surface area contributed by atoms with Crippen molar-refractivity contribution in [1.82, 2.24) is 10.2 Å². The third-order valence-electron chi connectivity index (χ3n) is 5.98. The molecule has 1 N–H and O–H groups in total. The number of hydrogen-bond acceptors (Lipinski definition) is 6. The van der Waals surface area contributed by atoms with E-state index in [2.05, 4.69) is 16.3 Å². The summed E-state index contributed by atoms with van der Waals surface area (Å²) in [4.78, 5) is 27.4. The zero-order chi connectivity index (χ0) is 22.0. The number of piperidine rings is 1. The number of benzene rings is 1. The zero-order valence-corrected chi connectivity index (χ0v) is 18.2. The maximum absolute atomic E-state index is 12.6. The lowest BCUT2D eigenvalue weighted by Gasteiger charge is -2.31. The number of fused-ring (bicyclic) bond motifs is 1. The van der Waals surface area contributed by atoms with Crippen molar-refractivity contribution in [3.63, 3.8) is 0 Å². The molecular formula is C24H28N2O5. The highest BCUT2D eigenvalue weighted by Gasteiger charge is 2.22. The van der Waals surface area contributed by atoms with Crippen LogP contribution in [0.5, 0.6) is 5.75 Å². The molecule has 3 aromatic rings. The van der Waals surface area contributed by atoms with Crippen molar-refractivity contribution in [3.05, 3.63) is 63.4 Å². The maximum Gasteiger partial charge on any atom is 0.349 e. The van der Waals surface area contributed by atoms with Crippen LogP contribution in [0.3, 0.4) is 0 Å². The molecule has 0 saturated carbocycles. The van der Waals surface area contributed by atoms with E-state index in [9.17, 15) is 9.59 Å². The van der Waals surface area contributed by atoms with E-state index in [4.69, 9.17) is 13.6 Å². The van der Waals surface area contributed by atoms with E-state index in [1.54, 1.807) is 24.3 Å². The van der Waals surface area contributed by atoms with Gasteiger partial charge in [0.25, 0.3) is 5.91 Å². The number of amides is 1. The second-order valence-corrected chi connectivity index (χ2v) is 8.19. The predicted molar refractivity (Wildman–Crippen MR) is 118 cm³/mol. The highest BCUT2D eigenvalue weighted by Crippen LogP contribution is 2.25. The largest absolute Gasteiger partial charge is 0.493 e. The Morgan fingerprint density at radius 3 is 2.65 bits per heavy atom. The van der Waals surface area contributed by atoms with Gasteiger partial charge in [0.05, 0.1) is 7.11 Å². The van der Waals surface area contributed by atoms with E-state index in [-0.39, 0.29) is 5.56 Å². The van der Waals surface area contributed by atoms with Crippen molar-refractivity contribution >= 4 is 16.9 Å². The fraction of sp³-hybridized carbons (Fsp3) is 0.417. The van der Waals surface area contributed by atoms with Gasteiger partial charge in [0.1, 0.15) is 17.1 Å². The fourth-order valence-corrected chi connectivity index (χ4v) is 4.20. The molecule has 0 bridgehead atoms. The predicted octanol–water partition coefficient (Wildman–Crippen LogP) is 3.65. The second-order valence-electron chi connectivity index (χ2n) is 8.19. The van der Waals surface area contributed by atoms with Gasteiger partial charge < -0.3 is 18.9 Å². The summed E-state index contributed by atoms with van der Waals surface area (Å²) in [5.74, 6) is 2.39. The molecule has 1 aliphatic heterocycles. The molecule has 0 spiro atoms. The monoisotopic (exact) mass is 424 g/mol. The first-order valence-electron chi connectivity index (χ1n) is 10.6. The first-order chi connectivity index (χ1) is 14.9. The Hall–Kier alpha value is -3.06. The minimum Gasteiger partial charge on any atom is -0.493 e. The van der Waals surface area contributed by atoms with Crippen LogP contribution < -0.4 is 15.7 Å². The van der Waals surface area contributed by atoms with E-state index in [1.165, 1.54) is 12.7 Å². The Bertz CT molecular complexity index is 1140. The van der Waals surface area contributed by atoms with E-state index < -0.39 is 11.5 Å². The molecule has 1 aliphatic rings. The SMILES string of the molecule is COc1cccc2cc(C(=O)NCC3CCN(Cc4cc(C)oc4C)CC3)c(=O)oc12. The maximum atomic E-state index is 12.6. The van der Waals surface area contributed by atoms with Gasteiger partial charge in [-0.05, 0) is 63.9 Å². The normalized spacial score (nSPS) is 15.3. The first kappa shape index (κ1) is 21.2. The average Bonchev–Trinajstić information content (AvgIpc) is 3.08. The number of furan rings is 1. The lowest BCUT2D eigenvalue weighted by molar-refractivity contribution is 0.0931. The van der Waals surface area contributed by atoms with Gasteiger partial charge in [0, 0.05) is 24.0 Å². The number of carbonyl (C=O) groups is 1. The molecular weight excluding hydrogens is 396 g/mol. The highest BCUT2D eigenvalue weighted by molar-refractivity contribution is 5.97. The Morgan fingerprint density at radius 2 is 1.97 bits per heavy atom. The number of methoxy groups -OCH3 is 1. The summed E-state index contributed by atoms with van der Waals surface area (Å²) < 4.78 is 16.2. The Labute approximate surface area is 181 Å². The van der Waals surface area contributed by atoms with E-state index >= 15 is 0 Å². The number of nitrogens with one attached hydrogen (secondary N) is 1. The molecule has 164 valence electrons. The number of aryl methyl sites for hydroxylation is 2. The van der Waals surface area contributed by atoms with Crippen molar-refractivity contribution in [2.24, 2.45) is 5.92 Å². The number of likely N-dealkylation sites (tertiary alicyclic amines) is 1. The minimum atomic E-state index is -0.657. The van der Waals surface area contributed by atoms with Crippen molar-refractivity contribution in [2.75, 3.05) is 26.7 Å². The van der Waals surface area contributed by atoms with Gasteiger partial charge in [-0.15, -0.1) is 0 Å². The third kappa shape index (κ3) is 4.66. The topological polar surface area (TPSA) is 84.9 Å². The van der Waals surface area contributed by atoms with Gasteiger partial charge >= 0.3 is 5.63 Å². The summed E-state index contributed by atoms with van der Waals surface area (Å²) in [6.45, 7) is 7.36. The molecule has 0 atom stereocenters. The molecule has 2 aromatic heterocycles. The average molecular weight is 424 g/mol. The molecule has 1 amide bonds. The number of nitrogens with zero attached hydrogens (tertiary/aromatic N) is 1. The van der Waals surface area contributed by atoms with Gasteiger partial charge in [-0.25, -0.2) is 4.79 Å². The Kier molecular flexibility index (Phi) is 6.13. The van der Waals surface area contributed by atoms with Crippen LogP contribution in [-0.2, 0) is 6.54 Å². The van der Waals surface area contributed by atoms with E-state index in [0.29, 0.717) is 29.2 Å². The molecule has 3 heterocycles. The van der Waals surface area contributed by atoms with Crippen LogP contribution in [0.15, 0.2) is 44.0 Å². The van der Waals surface area contributed by atoms with Crippen LogP contribution in [0.25, 0.3) is 11.0 Å². The van der Waals surface area contributed by atoms with E-state index in [0.717, 1.165) is 44.0 Å². The van der Waals surface area contributed by atoms with E-state index in [1.807, 2.05) is 13.8 Å². The summed E-state index contributed by atoms with van der Waals surface area (Å²) in [7, 11) is 1.51. The standard InChI is InChI=1S/C24H28N2O5/c1-15-11-19(16(2)30-15)14-26-9-7-17(8-10-26)13-25-23(27)20-12-18-5-4-6-21(29-3)22(18)31-24(20)28/h4-6,11-12,17H,7-10,13-14H2,1-3H3,(H,25,27). The van der Waals surface area contributed by atoms with Gasteiger partial charge in [-0.3, -0.25) is 9.69 Å².